The number of benzene rings is 6. The summed E-state index contributed by atoms with van der Waals surface area (Å²) in [5.74, 6) is 0. The molecule has 3 heterocycles. The van der Waals surface area contributed by atoms with Crippen molar-refractivity contribution in [3.05, 3.63) is 149 Å². The maximum absolute atomic E-state index is 2.84. The van der Waals surface area contributed by atoms with Gasteiger partial charge in [0.2, 0.25) is 0 Å². The van der Waals surface area contributed by atoms with Crippen molar-refractivity contribution < 1.29 is 0 Å². The van der Waals surface area contributed by atoms with Crippen molar-refractivity contribution in [2.45, 2.75) is 78.2 Å². The average molecular weight is 676 g/mol. The van der Waals surface area contributed by atoms with E-state index in [1.165, 1.54) is 115 Å². The van der Waals surface area contributed by atoms with E-state index in [0.29, 0.717) is 0 Å². The average Bonchev–Trinajstić information content (AvgIpc) is 3.35. The summed E-state index contributed by atoms with van der Waals surface area (Å²) in [7, 11) is 0. The van der Waals surface area contributed by atoms with Crippen LogP contribution in [0.25, 0.3) is 0 Å². The Morgan fingerprint density at radius 3 is 1.90 bits per heavy atom. The smallest absolute Gasteiger partial charge is 0.252 e. The quantitative estimate of drug-likeness (QED) is 0.172. The Labute approximate surface area is 309 Å². The molecule has 2 unspecified atom stereocenters. The molecule has 52 heavy (non-hydrogen) atoms. The first-order chi connectivity index (χ1) is 25.2. The molecular formula is C48H46BN3. The molecule has 4 aliphatic rings. The predicted octanol–water partition coefficient (Wildman–Crippen LogP) is 10.7. The normalized spacial score (nSPS) is 20.6. The minimum atomic E-state index is -0.0404. The van der Waals surface area contributed by atoms with Crippen LogP contribution in [0.4, 0.5) is 45.5 Å². The van der Waals surface area contributed by atoms with Crippen molar-refractivity contribution in [1.29, 1.82) is 0 Å². The molecule has 6 aromatic rings. The Morgan fingerprint density at radius 1 is 0.558 bits per heavy atom. The number of nitrogens with zero attached hydrogens (tertiary/aromatic N) is 3. The maximum atomic E-state index is 2.84. The van der Waals surface area contributed by atoms with Gasteiger partial charge in [-0.3, -0.25) is 0 Å². The molecule has 3 nitrogen and oxygen atoms in total. The standard InChI is InChI=1S/C48H46BN3/c1-31-15-20-35(21-16-31)50(36-22-17-32(2)18-23-36)38-29-43-45-44(30-38)52-46-39(47(5)25-7-8-26-48(47,52)6)13-10-14-41(46)49(45)40-24-19-34(4)28-42(40)51(43)37-12-9-11-33(3)27-37/h9-24,27-30H,7-8,25-26H2,1-6H3. The fourth-order valence-corrected chi connectivity index (χ4v) is 10.4. The second-order valence-electron chi connectivity index (χ2n) is 16.5. The fourth-order valence-electron chi connectivity index (χ4n) is 10.4. The molecule has 3 aliphatic heterocycles. The summed E-state index contributed by atoms with van der Waals surface area (Å²) in [5.41, 5.74) is 21.0. The summed E-state index contributed by atoms with van der Waals surface area (Å²) in [5, 5.41) is 0. The zero-order valence-electron chi connectivity index (χ0n) is 31.3. The molecular weight excluding hydrogens is 629 g/mol. The second kappa shape index (κ2) is 11.1. The molecule has 0 saturated heterocycles. The van der Waals surface area contributed by atoms with E-state index in [1.807, 2.05) is 0 Å². The van der Waals surface area contributed by atoms with E-state index in [9.17, 15) is 0 Å². The molecule has 0 aromatic heterocycles. The van der Waals surface area contributed by atoms with Crippen LogP contribution in [-0.4, -0.2) is 12.3 Å². The van der Waals surface area contributed by atoms with Gasteiger partial charge in [-0.05, 0) is 135 Å². The minimum Gasteiger partial charge on any atom is -0.335 e. The lowest BCUT2D eigenvalue weighted by Gasteiger charge is -2.53. The summed E-state index contributed by atoms with van der Waals surface area (Å²) >= 11 is 0. The van der Waals surface area contributed by atoms with Crippen molar-refractivity contribution in [1.82, 2.24) is 0 Å². The highest BCUT2D eigenvalue weighted by molar-refractivity contribution is 7.00. The third-order valence-electron chi connectivity index (χ3n) is 13.2. The summed E-state index contributed by atoms with van der Waals surface area (Å²) in [4.78, 5) is 7.89. The van der Waals surface area contributed by atoms with E-state index in [1.54, 1.807) is 0 Å². The molecule has 10 rings (SSSR count). The highest BCUT2D eigenvalue weighted by Gasteiger charge is 2.61. The number of fused-ring (bicyclic) bond motifs is 7. The van der Waals surface area contributed by atoms with Crippen LogP contribution in [-0.2, 0) is 5.41 Å². The van der Waals surface area contributed by atoms with Crippen molar-refractivity contribution in [2.24, 2.45) is 0 Å². The Balaban J connectivity index is 1.34. The summed E-state index contributed by atoms with van der Waals surface area (Å²) in [6.07, 6.45) is 4.93. The fraction of sp³-hybridized carbons (Fsp3) is 0.250. The van der Waals surface area contributed by atoms with Gasteiger partial charge in [-0.25, -0.2) is 0 Å². The van der Waals surface area contributed by atoms with Gasteiger partial charge in [-0.15, -0.1) is 0 Å². The van der Waals surface area contributed by atoms with Crippen LogP contribution in [0.2, 0.25) is 0 Å². The van der Waals surface area contributed by atoms with Crippen LogP contribution in [0.3, 0.4) is 0 Å². The molecule has 2 atom stereocenters. The number of rotatable bonds is 4. The van der Waals surface area contributed by atoms with Crippen molar-refractivity contribution in [3.8, 4) is 0 Å². The van der Waals surface area contributed by atoms with E-state index in [-0.39, 0.29) is 17.7 Å². The van der Waals surface area contributed by atoms with Crippen molar-refractivity contribution in [3.63, 3.8) is 0 Å². The molecule has 0 N–H and O–H groups in total. The van der Waals surface area contributed by atoms with E-state index in [4.69, 9.17) is 0 Å². The van der Waals surface area contributed by atoms with Gasteiger partial charge in [-0.2, -0.15) is 0 Å². The Hall–Kier alpha value is -5.22. The maximum Gasteiger partial charge on any atom is 0.252 e. The van der Waals surface area contributed by atoms with E-state index >= 15 is 0 Å². The van der Waals surface area contributed by atoms with Gasteiger partial charge < -0.3 is 14.7 Å². The molecule has 0 spiro atoms. The van der Waals surface area contributed by atoms with Gasteiger partial charge in [0.1, 0.15) is 0 Å². The summed E-state index contributed by atoms with van der Waals surface area (Å²) < 4.78 is 0. The Morgan fingerprint density at radius 2 is 1.19 bits per heavy atom. The van der Waals surface area contributed by atoms with Gasteiger partial charge >= 0.3 is 0 Å². The first kappa shape index (κ1) is 31.5. The van der Waals surface area contributed by atoms with Crippen LogP contribution in [0, 0.1) is 27.7 Å². The molecule has 1 aliphatic carbocycles. The lowest BCUT2D eigenvalue weighted by atomic mass is 9.33. The van der Waals surface area contributed by atoms with Crippen molar-refractivity contribution >= 4 is 68.6 Å². The second-order valence-corrected chi connectivity index (χ2v) is 16.5. The van der Waals surface area contributed by atoms with Gasteiger partial charge in [0, 0.05) is 45.2 Å². The predicted molar refractivity (Wildman–Crippen MR) is 222 cm³/mol. The molecule has 6 aromatic carbocycles. The Bertz CT molecular complexity index is 2370. The van der Waals surface area contributed by atoms with Gasteiger partial charge in [0.15, 0.2) is 0 Å². The largest absolute Gasteiger partial charge is 0.335 e. The zero-order valence-corrected chi connectivity index (χ0v) is 31.3. The minimum absolute atomic E-state index is 0.0404. The lowest BCUT2D eigenvalue weighted by Crippen LogP contribution is -2.64. The van der Waals surface area contributed by atoms with Gasteiger partial charge in [-0.1, -0.05) is 97.6 Å². The molecule has 1 saturated carbocycles. The van der Waals surface area contributed by atoms with E-state index < -0.39 is 0 Å². The molecule has 1 fully saturated rings. The first-order valence-corrected chi connectivity index (χ1v) is 19.2. The molecule has 0 amide bonds. The third kappa shape index (κ3) is 4.27. The van der Waals surface area contributed by atoms with E-state index in [2.05, 4.69) is 178 Å². The Kier molecular flexibility index (Phi) is 6.75. The third-order valence-corrected chi connectivity index (χ3v) is 13.2. The number of hydrogen-bond acceptors (Lipinski definition) is 3. The number of aryl methyl sites for hydroxylation is 4. The highest BCUT2D eigenvalue weighted by Crippen LogP contribution is 2.62. The SMILES string of the molecule is Cc1ccc(N(c2ccc(C)cc2)c2cc3c4c(c2)N2c5c(cccc5C5(C)CCCCC25C)B4c2ccc(C)cc2N3c2cccc(C)c2)cc1. The lowest BCUT2D eigenvalue weighted by molar-refractivity contribution is 0.195. The van der Waals surface area contributed by atoms with Gasteiger partial charge in [0.25, 0.3) is 6.71 Å². The summed E-state index contributed by atoms with van der Waals surface area (Å²) in [6.45, 7) is 14.1. The van der Waals surface area contributed by atoms with Crippen LogP contribution >= 0.6 is 0 Å². The molecule has 0 radical (unpaired) electrons. The summed E-state index contributed by atoms with van der Waals surface area (Å²) in [6, 6.07) is 46.6. The van der Waals surface area contributed by atoms with Crippen LogP contribution in [0.15, 0.2) is 121 Å². The van der Waals surface area contributed by atoms with Gasteiger partial charge in [0.05, 0.1) is 11.2 Å². The van der Waals surface area contributed by atoms with Crippen LogP contribution in [0.5, 0.6) is 0 Å². The topological polar surface area (TPSA) is 9.72 Å². The highest BCUT2D eigenvalue weighted by atomic mass is 15.3. The number of hydrogen-bond donors (Lipinski definition) is 0. The first-order valence-electron chi connectivity index (χ1n) is 19.2. The number of para-hydroxylation sites is 1. The van der Waals surface area contributed by atoms with Crippen LogP contribution in [0.1, 0.15) is 67.3 Å². The molecule has 256 valence electrons. The van der Waals surface area contributed by atoms with Crippen molar-refractivity contribution in [2.75, 3.05) is 14.7 Å². The van der Waals surface area contributed by atoms with E-state index in [0.717, 1.165) is 0 Å². The van der Waals surface area contributed by atoms with Crippen LogP contribution < -0.4 is 31.1 Å². The molecule has 0 bridgehead atoms. The molecule has 4 heteroatoms. The zero-order chi connectivity index (χ0) is 35.5. The number of anilines is 8. The monoisotopic (exact) mass is 675 g/mol.